The second-order valence-corrected chi connectivity index (χ2v) is 11.7. The molecule has 3 aliphatic rings. The first-order valence-corrected chi connectivity index (χ1v) is 14.0. The Labute approximate surface area is 247 Å². The van der Waals surface area contributed by atoms with Gasteiger partial charge in [-0.25, -0.2) is 0 Å². The third-order valence-electron chi connectivity index (χ3n) is 8.85. The summed E-state index contributed by atoms with van der Waals surface area (Å²) in [5.74, 6) is -9.28. The van der Waals surface area contributed by atoms with Crippen LogP contribution in [0.2, 0.25) is 0 Å². The van der Waals surface area contributed by atoms with E-state index < -0.39 is 93.6 Å². The summed E-state index contributed by atoms with van der Waals surface area (Å²) in [6, 6.07) is 1.87. The summed E-state index contributed by atoms with van der Waals surface area (Å²) in [5.41, 5.74) is -0.782. The Morgan fingerprint density at radius 3 is 2.42 bits per heavy atom. The van der Waals surface area contributed by atoms with Crippen molar-refractivity contribution in [2.45, 2.75) is 55.9 Å². The second kappa shape index (κ2) is 11.7. The number of benzene rings is 1. The first kappa shape index (κ1) is 32.1. The number of fused-ring (bicyclic) bond motifs is 3. The number of aliphatic carboxylic acids is 1. The molecule has 4 rings (SSSR count). The van der Waals surface area contributed by atoms with Gasteiger partial charge in [-0.2, -0.15) is 0 Å². The third kappa shape index (κ3) is 5.08. The van der Waals surface area contributed by atoms with Crippen LogP contribution in [0, 0.1) is 11.8 Å². The van der Waals surface area contributed by atoms with E-state index in [1.54, 1.807) is 0 Å². The van der Waals surface area contributed by atoms with Crippen molar-refractivity contribution in [3.8, 4) is 5.75 Å². The van der Waals surface area contributed by atoms with E-state index in [2.05, 4.69) is 10.6 Å². The van der Waals surface area contributed by atoms with Gasteiger partial charge in [0.1, 0.15) is 28.9 Å². The highest BCUT2D eigenvalue weighted by Gasteiger charge is 2.65. The van der Waals surface area contributed by atoms with E-state index in [1.165, 1.54) is 44.1 Å². The van der Waals surface area contributed by atoms with Crippen LogP contribution in [-0.4, -0.2) is 104 Å². The molecule has 6 atom stereocenters. The fourth-order valence-corrected chi connectivity index (χ4v) is 6.64. The molecule has 0 aromatic heterocycles. The Hall–Kier alpha value is -3.82. The van der Waals surface area contributed by atoms with Crippen LogP contribution in [0.15, 0.2) is 40.9 Å². The quantitative estimate of drug-likeness (QED) is 0.0937. The zero-order chi connectivity index (χ0) is 32.0. The molecular formula is C29H38N4O10. The van der Waals surface area contributed by atoms with Crippen molar-refractivity contribution in [1.82, 2.24) is 15.5 Å². The predicted molar refractivity (Wildman–Crippen MR) is 151 cm³/mol. The molecule has 0 heterocycles. The molecule has 0 fully saturated rings. The summed E-state index contributed by atoms with van der Waals surface area (Å²) in [7, 11) is 3.03. The summed E-state index contributed by atoms with van der Waals surface area (Å²) >= 11 is 0. The van der Waals surface area contributed by atoms with Crippen LogP contribution in [0.3, 0.4) is 0 Å². The van der Waals surface area contributed by atoms with Crippen molar-refractivity contribution >= 4 is 23.4 Å². The number of nitrogens with zero attached hydrogens (tertiary/aromatic N) is 1. The van der Waals surface area contributed by atoms with Crippen LogP contribution in [0.25, 0.3) is 0 Å². The van der Waals surface area contributed by atoms with Crippen LogP contribution in [0.4, 0.5) is 0 Å². The van der Waals surface area contributed by atoms with Gasteiger partial charge in [0, 0.05) is 17.4 Å². The van der Waals surface area contributed by atoms with Crippen molar-refractivity contribution in [1.29, 1.82) is 0 Å². The van der Waals surface area contributed by atoms with Crippen LogP contribution in [-0.2, 0) is 20.0 Å². The molecule has 0 unspecified atom stereocenters. The second-order valence-electron chi connectivity index (χ2n) is 11.7. The Bertz CT molecular complexity index is 1420. The van der Waals surface area contributed by atoms with E-state index in [1.807, 2.05) is 0 Å². The van der Waals surface area contributed by atoms with Crippen molar-refractivity contribution in [3.05, 3.63) is 52.0 Å². The van der Waals surface area contributed by atoms with E-state index in [4.69, 9.17) is 5.73 Å². The van der Waals surface area contributed by atoms with Gasteiger partial charge in [-0.3, -0.25) is 29.4 Å². The molecule has 43 heavy (non-hydrogen) atoms. The summed E-state index contributed by atoms with van der Waals surface area (Å²) in [6.07, 6.45) is 1.07. The van der Waals surface area contributed by atoms with Crippen molar-refractivity contribution < 1.29 is 49.8 Å². The number of aliphatic hydroxyl groups is 4. The number of ketones is 2. The van der Waals surface area contributed by atoms with Crippen LogP contribution in [0.1, 0.15) is 48.5 Å². The largest absolute Gasteiger partial charge is 0.510 e. The number of phenols is 1. The summed E-state index contributed by atoms with van der Waals surface area (Å²) in [4.78, 5) is 53.7. The molecule has 1 aromatic carbocycles. The van der Waals surface area contributed by atoms with Crippen LogP contribution >= 0.6 is 0 Å². The molecule has 10 N–H and O–H groups in total. The van der Waals surface area contributed by atoms with E-state index in [9.17, 15) is 49.8 Å². The zero-order valence-corrected chi connectivity index (χ0v) is 24.1. The lowest BCUT2D eigenvalue weighted by Gasteiger charge is -2.52. The monoisotopic (exact) mass is 602 g/mol. The minimum absolute atomic E-state index is 0.100. The number of carbonyl (C=O) groups is 4. The number of nitrogens with two attached hydrogens (primary N) is 1. The fraction of sp³-hybridized carbons (Fsp3) is 0.517. The molecule has 234 valence electrons. The highest BCUT2D eigenvalue weighted by Crippen LogP contribution is 2.56. The Morgan fingerprint density at radius 2 is 1.81 bits per heavy atom. The third-order valence-corrected chi connectivity index (χ3v) is 8.85. The SMILES string of the molecule is CN(C)[C@H]1C(O)=C(C(=O)NCN[C@@H](CCCCN)C(=O)O)C(=O)[C@]2(O)C(O)=C3C(=O)c4c(O)cccc4[C@@](C)(O)[C@H]3C[C@@H]12. The van der Waals surface area contributed by atoms with Crippen molar-refractivity contribution in [2.75, 3.05) is 27.3 Å². The standard InChI is InChI=1S/C29H38N4O10/c1-28(42)13-7-6-9-17(34)18(13)22(35)19-14(28)11-15-21(33(2)3)23(36)20(25(38)29(15,43)24(19)37)26(39)32-12-31-16(27(40)41)8-4-5-10-30/h6-7,9,14-16,21,31,34,36-37,42-43H,4-5,8,10-12,30H2,1-3H3,(H,32,39)(H,40,41)/t14-,15-,16-,21+,28+,29+/m0/s1. The Balaban J connectivity index is 1.73. The van der Waals surface area contributed by atoms with Gasteiger partial charge in [0.25, 0.3) is 5.91 Å². The number of aliphatic hydroxyl groups excluding tert-OH is 2. The number of carboxylic acid groups (broad SMARTS) is 1. The number of rotatable bonds is 10. The molecule has 0 bridgehead atoms. The number of phenolic OH excluding ortho intramolecular Hbond substituents is 1. The van der Waals surface area contributed by atoms with Gasteiger partial charge >= 0.3 is 5.97 Å². The number of likely N-dealkylation sites (N-methyl/N-ethyl adjacent to an activating group) is 1. The summed E-state index contributed by atoms with van der Waals surface area (Å²) in [5, 5.41) is 71.2. The van der Waals surface area contributed by atoms with E-state index in [0.717, 1.165) is 0 Å². The average Bonchev–Trinajstić information content (AvgIpc) is 2.92. The van der Waals surface area contributed by atoms with Gasteiger partial charge in [-0.1, -0.05) is 18.6 Å². The van der Waals surface area contributed by atoms with E-state index in [-0.39, 0.29) is 24.0 Å². The molecule has 14 nitrogen and oxygen atoms in total. The van der Waals surface area contributed by atoms with Gasteiger partial charge in [0.05, 0.1) is 23.9 Å². The van der Waals surface area contributed by atoms with Crippen LogP contribution in [0.5, 0.6) is 5.75 Å². The highest BCUT2D eigenvalue weighted by atomic mass is 16.4. The molecule has 0 spiro atoms. The lowest BCUT2D eigenvalue weighted by molar-refractivity contribution is -0.152. The summed E-state index contributed by atoms with van der Waals surface area (Å²) < 4.78 is 0. The topological polar surface area (TPSA) is 243 Å². The fourth-order valence-electron chi connectivity index (χ4n) is 6.64. The number of carbonyl (C=O) groups excluding carboxylic acids is 3. The minimum atomic E-state index is -2.85. The minimum Gasteiger partial charge on any atom is -0.510 e. The van der Waals surface area contributed by atoms with Gasteiger partial charge in [0.2, 0.25) is 5.78 Å². The van der Waals surface area contributed by atoms with Crippen LogP contribution < -0.4 is 16.4 Å². The van der Waals surface area contributed by atoms with Crippen molar-refractivity contribution in [2.24, 2.45) is 17.6 Å². The lowest BCUT2D eigenvalue weighted by atomic mass is 9.55. The molecule has 0 saturated heterocycles. The zero-order valence-electron chi connectivity index (χ0n) is 24.1. The average molecular weight is 603 g/mol. The van der Waals surface area contributed by atoms with Gasteiger partial charge < -0.3 is 41.7 Å². The van der Waals surface area contributed by atoms with Crippen molar-refractivity contribution in [3.63, 3.8) is 0 Å². The summed E-state index contributed by atoms with van der Waals surface area (Å²) in [6.45, 7) is 1.36. The maximum absolute atomic E-state index is 13.9. The number of Topliss-reactive ketones (excluding diaryl/α,β-unsaturated/α-hetero) is 2. The molecular weight excluding hydrogens is 564 g/mol. The van der Waals surface area contributed by atoms with E-state index in [0.29, 0.717) is 19.4 Å². The number of nitrogens with one attached hydrogen (secondary N) is 2. The first-order chi connectivity index (χ1) is 20.1. The Kier molecular flexibility index (Phi) is 8.73. The lowest BCUT2D eigenvalue weighted by Crippen LogP contribution is -2.65. The molecule has 0 radical (unpaired) electrons. The molecule has 14 heteroatoms. The number of aromatic hydroxyl groups is 1. The number of carboxylic acids is 1. The smallest absolute Gasteiger partial charge is 0.320 e. The van der Waals surface area contributed by atoms with Gasteiger partial charge in [-0.05, 0) is 58.5 Å². The normalized spacial score (nSPS) is 29.2. The highest BCUT2D eigenvalue weighted by molar-refractivity contribution is 6.25. The van der Waals surface area contributed by atoms with Gasteiger partial charge in [-0.15, -0.1) is 0 Å². The Morgan fingerprint density at radius 1 is 1.14 bits per heavy atom. The number of hydrogen-bond acceptors (Lipinski definition) is 12. The predicted octanol–water partition coefficient (Wildman–Crippen LogP) is -0.454. The maximum atomic E-state index is 13.9. The van der Waals surface area contributed by atoms with Gasteiger partial charge in [0.15, 0.2) is 11.4 Å². The maximum Gasteiger partial charge on any atom is 0.320 e. The molecule has 1 amide bonds. The number of unbranched alkanes of at least 4 members (excludes halogenated alkanes) is 1. The molecule has 1 aromatic rings. The molecule has 0 aliphatic heterocycles. The number of amides is 1. The first-order valence-electron chi connectivity index (χ1n) is 14.0. The number of hydrogen-bond donors (Lipinski definition) is 9. The molecule has 3 aliphatic carbocycles. The van der Waals surface area contributed by atoms with E-state index >= 15 is 0 Å². The molecule has 0 saturated carbocycles.